The number of para-hydroxylation sites is 2. The molecule has 7 nitrogen and oxygen atoms in total. The molecule has 0 spiro atoms. The molecule has 1 N–H and O–H groups in total. The lowest BCUT2D eigenvalue weighted by Crippen LogP contribution is -2.29. The Balaban J connectivity index is 2.02. The van der Waals surface area contributed by atoms with Crippen molar-refractivity contribution < 1.29 is 9.53 Å². The van der Waals surface area contributed by atoms with Gasteiger partial charge in [0.2, 0.25) is 5.71 Å². The summed E-state index contributed by atoms with van der Waals surface area (Å²) in [5, 5.41) is 21.1. The zero-order valence-corrected chi connectivity index (χ0v) is 13.4. The maximum atomic E-state index is 12.9. The van der Waals surface area contributed by atoms with Gasteiger partial charge in [-0.15, -0.1) is 0 Å². The fraction of sp³-hybridized carbons (Fsp3) is 0.111. The number of nitrogens with zero attached hydrogens (tertiary/aromatic N) is 4. The third-order valence-corrected chi connectivity index (χ3v) is 3.66. The highest BCUT2D eigenvalue weighted by molar-refractivity contribution is 6.11. The van der Waals surface area contributed by atoms with Gasteiger partial charge in [0, 0.05) is 6.54 Å². The molecule has 1 aliphatic heterocycles. The van der Waals surface area contributed by atoms with Crippen LogP contribution in [-0.4, -0.2) is 18.2 Å². The van der Waals surface area contributed by atoms with Gasteiger partial charge in [0.1, 0.15) is 17.9 Å². The molecule has 1 aliphatic rings. The van der Waals surface area contributed by atoms with Crippen molar-refractivity contribution in [3.8, 4) is 23.6 Å². The van der Waals surface area contributed by atoms with Gasteiger partial charge in [-0.1, -0.05) is 12.1 Å². The molecule has 2 aromatic rings. The van der Waals surface area contributed by atoms with Crippen LogP contribution in [0.4, 0.5) is 11.4 Å². The topological polar surface area (TPSA) is 102 Å². The van der Waals surface area contributed by atoms with Gasteiger partial charge in [-0.05, 0) is 37.3 Å². The Labute approximate surface area is 144 Å². The van der Waals surface area contributed by atoms with E-state index < -0.39 is 0 Å². The second-order valence-corrected chi connectivity index (χ2v) is 5.13. The normalized spacial score (nSPS) is 11.8. The Bertz CT molecular complexity index is 937. The number of fused-ring (bicyclic) bond motifs is 2. The summed E-state index contributed by atoms with van der Waals surface area (Å²) in [7, 11) is 0. The molecule has 0 aromatic heterocycles. The Morgan fingerprint density at radius 3 is 2.68 bits per heavy atom. The molecule has 0 aliphatic carbocycles. The van der Waals surface area contributed by atoms with Gasteiger partial charge >= 0.3 is 0 Å². The number of carbonyl (C=O) groups excluding carboxylic acids is 1. The number of rotatable bonds is 3. The highest BCUT2D eigenvalue weighted by Crippen LogP contribution is 2.39. The fourth-order valence-electron chi connectivity index (χ4n) is 2.50. The number of hydrazone groups is 1. The van der Waals surface area contributed by atoms with Crippen molar-refractivity contribution in [1.82, 2.24) is 0 Å². The van der Waals surface area contributed by atoms with Crippen LogP contribution >= 0.6 is 0 Å². The zero-order valence-electron chi connectivity index (χ0n) is 13.4. The Morgan fingerprint density at radius 1 is 1.20 bits per heavy atom. The SMILES string of the molecule is CCN1C(=O)c2cc(NN=C(C#N)C#N)ccc2Oc2ccccc21. The summed E-state index contributed by atoms with van der Waals surface area (Å²) in [6, 6.07) is 15.5. The minimum absolute atomic E-state index is 0.198. The van der Waals surface area contributed by atoms with E-state index in [9.17, 15) is 4.79 Å². The first-order chi connectivity index (χ1) is 12.2. The summed E-state index contributed by atoms with van der Waals surface area (Å²) < 4.78 is 5.90. The van der Waals surface area contributed by atoms with E-state index in [2.05, 4.69) is 10.5 Å². The van der Waals surface area contributed by atoms with Crippen LogP contribution in [0.25, 0.3) is 0 Å². The zero-order chi connectivity index (χ0) is 17.8. The number of ether oxygens (including phenoxy) is 1. The molecular weight excluding hydrogens is 318 g/mol. The van der Waals surface area contributed by atoms with Crippen LogP contribution in [0.15, 0.2) is 47.6 Å². The molecule has 0 saturated carbocycles. The van der Waals surface area contributed by atoms with Gasteiger partial charge in [-0.3, -0.25) is 10.2 Å². The first-order valence-electron chi connectivity index (χ1n) is 7.54. The van der Waals surface area contributed by atoms with Crippen molar-refractivity contribution in [2.24, 2.45) is 5.10 Å². The summed E-state index contributed by atoms with van der Waals surface area (Å²) in [6.07, 6.45) is 0. The molecule has 1 heterocycles. The standard InChI is InChI=1S/C18H13N5O2/c1-2-23-15-5-3-4-6-17(15)25-16-8-7-12(9-14(16)18(23)24)21-22-13(10-19)11-20/h3-9,21H,2H2,1H3. The molecule has 0 saturated heterocycles. The number of anilines is 2. The number of carbonyl (C=O) groups is 1. The number of nitrogens with one attached hydrogen (secondary N) is 1. The summed E-state index contributed by atoms with van der Waals surface area (Å²) in [4.78, 5) is 14.5. The molecule has 0 radical (unpaired) electrons. The van der Waals surface area contributed by atoms with E-state index in [-0.39, 0.29) is 11.6 Å². The van der Waals surface area contributed by atoms with E-state index in [1.54, 1.807) is 35.2 Å². The van der Waals surface area contributed by atoms with Gasteiger partial charge in [-0.25, -0.2) is 0 Å². The van der Waals surface area contributed by atoms with Crippen LogP contribution in [0.3, 0.4) is 0 Å². The average Bonchev–Trinajstić information content (AvgIpc) is 2.76. The monoisotopic (exact) mass is 331 g/mol. The lowest BCUT2D eigenvalue weighted by atomic mass is 10.1. The molecule has 0 atom stereocenters. The highest BCUT2D eigenvalue weighted by atomic mass is 16.5. The van der Waals surface area contributed by atoms with E-state index in [1.165, 1.54) is 0 Å². The van der Waals surface area contributed by atoms with Crippen molar-refractivity contribution in [2.75, 3.05) is 16.9 Å². The smallest absolute Gasteiger partial charge is 0.262 e. The predicted octanol–water partition coefficient (Wildman–Crippen LogP) is 3.27. The molecule has 25 heavy (non-hydrogen) atoms. The maximum absolute atomic E-state index is 12.9. The fourth-order valence-corrected chi connectivity index (χ4v) is 2.50. The van der Waals surface area contributed by atoms with Crippen molar-refractivity contribution in [1.29, 1.82) is 10.5 Å². The second-order valence-electron chi connectivity index (χ2n) is 5.13. The highest BCUT2D eigenvalue weighted by Gasteiger charge is 2.27. The van der Waals surface area contributed by atoms with Gasteiger partial charge in [0.15, 0.2) is 5.75 Å². The molecular formula is C18H13N5O2. The number of hydrogen-bond acceptors (Lipinski definition) is 6. The van der Waals surface area contributed by atoms with E-state index in [0.29, 0.717) is 35.0 Å². The Hall–Kier alpha value is -3.84. The van der Waals surface area contributed by atoms with E-state index >= 15 is 0 Å². The van der Waals surface area contributed by atoms with Crippen LogP contribution in [-0.2, 0) is 0 Å². The van der Waals surface area contributed by atoms with Gasteiger partial charge in [0.25, 0.3) is 5.91 Å². The van der Waals surface area contributed by atoms with Crippen LogP contribution in [0.2, 0.25) is 0 Å². The summed E-state index contributed by atoms with van der Waals surface area (Å²) in [5.41, 5.74) is 3.85. The molecule has 0 fully saturated rings. The third-order valence-electron chi connectivity index (χ3n) is 3.66. The van der Waals surface area contributed by atoms with Crippen LogP contribution in [0.5, 0.6) is 11.5 Å². The Morgan fingerprint density at radius 2 is 1.96 bits per heavy atom. The van der Waals surface area contributed by atoms with Crippen LogP contribution in [0, 0.1) is 22.7 Å². The van der Waals surface area contributed by atoms with Crippen LogP contribution < -0.4 is 15.1 Å². The van der Waals surface area contributed by atoms with E-state index in [4.69, 9.17) is 15.3 Å². The van der Waals surface area contributed by atoms with Crippen molar-refractivity contribution in [3.05, 3.63) is 48.0 Å². The Kier molecular flexibility index (Phi) is 4.32. The second kappa shape index (κ2) is 6.73. The molecule has 2 aromatic carbocycles. The van der Waals surface area contributed by atoms with Crippen molar-refractivity contribution >= 4 is 23.0 Å². The minimum atomic E-state index is -0.305. The average molecular weight is 331 g/mol. The third kappa shape index (κ3) is 2.99. The summed E-state index contributed by atoms with van der Waals surface area (Å²) >= 11 is 0. The first kappa shape index (κ1) is 16.0. The van der Waals surface area contributed by atoms with E-state index in [0.717, 1.165) is 0 Å². The lowest BCUT2D eigenvalue weighted by Gasteiger charge is -2.19. The molecule has 7 heteroatoms. The minimum Gasteiger partial charge on any atom is -0.454 e. The van der Waals surface area contributed by atoms with E-state index in [1.807, 2.05) is 31.2 Å². The predicted molar refractivity (Wildman–Crippen MR) is 92.6 cm³/mol. The van der Waals surface area contributed by atoms with Gasteiger partial charge in [-0.2, -0.15) is 15.6 Å². The molecule has 3 rings (SSSR count). The first-order valence-corrected chi connectivity index (χ1v) is 7.54. The molecule has 0 bridgehead atoms. The van der Waals surface area contributed by atoms with Crippen LogP contribution in [0.1, 0.15) is 17.3 Å². The van der Waals surface area contributed by atoms with Gasteiger partial charge < -0.3 is 9.64 Å². The molecule has 1 amide bonds. The summed E-state index contributed by atoms with van der Waals surface area (Å²) in [6.45, 7) is 2.37. The van der Waals surface area contributed by atoms with Gasteiger partial charge in [0.05, 0.1) is 16.9 Å². The van der Waals surface area contributed by atoms with Crippen molar-refractivity contribution in [2.45, 2.75) is 6.92 Å². The molecule has 0 unspecified atom stereocenters. The maximum Gasteiger partial charge on any atom is 0.262 e. The summed E-state index contributed by atoms with van der Waals surface area (Å²) in [5.74, 6) is 0.839. The quantitative estimate of drug-likeness (QED) is 0.687. The van der Waals surface area contributed by atoms with Crippen molar-refractivity contribution in [3.63, 3.8) is 0 Å². The molecule has 122 valence electrons. The number of benzene rings is 2. The number of hydrogen-bond donors (Lipinski definition) is 1. The largest absolute Gasteiger partial charge is 0.454 e. The lowest BCUT2D eigenvalue weighted by molar-refractivity contribution is 0.0988. The number of amides is 1. The number of nitriles is 2.